The van der Waals surface area contributed by atoms with Crippen molar-refractivity contribution in [3.05, 3.63) is 30.1 Å². The number of hydrogen-bond acceptors (Lipinski definition) is 1. The van der Waals surface area contributed by atoms with Crippen molar-refractivity contribution in [2.45, 2.75) is 19.0 Å². The van der Waals surface area contributed by atoms with Crippen molar-refractivity contribution < 1.29 is 13.2 Å². The summed E-state index contributed by atoms with van der Waals surface area (Å²) in [6.07, 6.45) is -1.85. The Hall–Kier alpha value is -1.06. The third-order valence-electron chi connectivity index (χ3n) is 1.42. The summed E-state index contributed by atoms with van der Waals surface area (Å²) in [5, 5.41) is 0. The van der Waals surface area contributed by atoms with Crippen LogP contribution in [0.2, 0.25) is 0 Å². The Morgan fingerprint density at radius 3 is 2.58 bits per heavy atom. The molecule has 0 aliphatic rings. The molecule has 4 heteroatoms. The monoisotopic (exact) mass is 175 g/mol. The summed E-state index contributed by atoms with van der Waals surface area (Å²) >= 11 is 0. The molecular weight excluding hydrogens is 167 g/mol. The highest BCUT2D eigenvalue weighted by molar-refractivity contribution is 5.08. The average molecular weight is 175 g/mol. The van der Waals surface area contributed by atoms with Gasteiger partial charge < -0.3 is 0 Å². The molecular formula is C8H8F3N. The topological polar surface area (TPSA) is 12.9 Å². The van der Waals surface area contributed by atoms with Gasteiger partial charge in [-0.15, -0.1) is 0 Å². The van der Waals surface area contributed by atoms with Crippen LogP contribution in [0.3, 0.4) is 0 Å². The second-order valence-electron chi connectivity index (χ2n) is 2.48. The number of halogens is 3. The summed E-state index contributed by atoms with van der Waals surface area (Å²) in [7, 11) is 0. The van der Waals surface area contributed by atoms with Gasteiger partial charge in [0, 0.05) is 18.8 Å². The first-order valence-electron chi connectivity index (χ1n) is 3.53. The summed E-state index contributed by atoms with van der Waals surface area (Å²) < 4.78 is 35.2. The average Bonchev–Trinajstić information content (AvgIpc) is 2.02. The van der Waals surface area contributed by atoms with Gasteiger partial charge in [0.05, 0.1) is 0 Å². The second kappa shape index (κ2) is 3.56. The molecule has 1 aromatic heterocycles. The van der Waals surface area contributed by atoms with Gasteiger partial charge >= 0.3 is 6.18 Å². The van der Waals surface area contributed by atoms with Gasteiger partial charge in [0.1, 0.15) is 0 Å². The van der Waals surface area contributed by atoms with Gasteiger partial charge in [0.25, 0.3) is 0 Å². The van der Waals surface area contributed by atoms with E-state index in [4.69, 9.17) is 0 Å². The van der Waals surface area contributed by atoms with E-state index in [1.807, 2.05) is 0 Å². The van der Waals surface area contributed by atoms with Crippen LogP contribution < -0.4 is 0 Å². The van der Waals surface area contributed by atoms with Crippen LogP contribution in [0, 0.1) is 0 Å². The first-order chi connectivity index (χ1) is 5.58. The molecule has 0 aromatic carbocycles. The molecule has 0 amide bonds. The molecule has 66 valence electrons. The molecule has 0 aliphatic heterocycles. The molecule has 0 spiro atoms. The minimum atomic E-state index is -4.07. The molecule has 0 saturated carbocycles. The van der Waals surface area contributed by atoms with Gasteiger partial charge in [-0.2, -0.15) is 13.2 Å². The molecule has 0 bridgehead atoms. The predicted molar refractivity (Wildman–Crippen MR) is 38.6 cm³/mol. The smallest absolute Gasteiger partial charge is 0.264 e. The Bertz CT molecular complexity index is 230. The van der Waals surface area contributed by atoms with Crippen molar-refractivity contribution >= 4 is 0 Å². The van der Waals surface area contributed by atoms with Gasteiger partial charge in [-0.25, -0.2) is 0 Å². The number of rotatable bonds is 2. The van der Waals surface area contributed by atoms with Gasteiger partial charge in [-0.05, 0) is 18.1 Å². The maximum Gasteiger partial charge on any atom is 0.389 e. The number of nitrogens with zero attached hydrogens (tertiary/aromatic N) is 1. The number of pyridine rings is 1. The SMILES string of the molecule is FC(F)(F)CCc1cccnc1. The van der Waals surface area contributed by atoms with Crippen molar-refractivity contribution in [2.75, 3.05) is 0 Å². The highest BCUT2D eigenvalue weighted by atomic mass is 19.4. The van der Waals surface area contributed by atoms with Crippen LogP contribution in [0.4, 0.5) is 13.2 Å². The number of aryl methyl sites for hydroxylation is 1. The van der Waals surface area contributed by atoms with Crippen molar-refractivity contribution in [1.82, 2.24) is 4.98 Å². The van der Waals surface area contributed by atoms with E-state index in [1.165, 1.54) is 12.4 Å². The van der Waals surface area contributed by atoms with Crippen molar-refractivity contribution in [1.29, 1.82) is 0 Å². The molecule has 1 nitrogen and oxygen atoms in total. The van der Waals surface area contributed by atoms with E-state index in [-0.39, 0.29) is 6.42 Å². The fourth-order valence-electron chi connectivity index (χ4n) is 0.832. The van der Waals surface area contributed by atoms with E-state index >= 15 is 0 Å². The highest BCUT2D eigenvalue weighted by Gasteiger charge is 2.26. The first kappa shape index (κ1) is 9.03. The maximum atomic E-state index is 11.7. The van der Waals surface area contributed by atoms with E-state index in [9.17, 15) is 13.2 Å². The van der Waals surface area contributed by atoms with E-state index < -0.39 is 12.6 Å². The molecule has 0 fully saturated rings. The Labute approximate surface area is 68.2 Å². The van der Waals surface area contributed by atoms with Gasteiger partial charge in [0.2, 0.25) is 0 Å². The van der Waals surface area contributed by atoms with Crippen molar-refractivity contribution in [3.8, 4) is 0 Å². The van der Waals surface area contributed by atoms with E-state index in [1.54, 1.807) is 12.1 Å². The Morgan fingerprint density at radius 1 is 1.33 bits per heavy atom. The van der Waals surface area contributed by atoms with Crippen LogP contribution in [-0.4, -0.2) is 11.2 Å². The molecule has 1 aromatic rings. The Kier molecular flexibility index (Phi) is 2.68. The minimum absolute atomic E-state index is 0.0112. The lowest BCUT2D eigenvalue weighted by atomic mass is 10.1. The third kappa shape index (κ3) is 3.37. The fourth-order valence-corrected chi connectivity index (χ4v) is 0.832. The highest BCUT2D eigenvalue weighted by Crippen LogP contribution is 2.21. The van der Waals surface area contributed by atoms with E-state index in [2.05, 4.69) is 4.98 Å². The van der Waals surface area contributed by atoms with Crippen LogP contribution in [0.5, 0.6) is 0 Å². The molecule has 0 aliphatic carbocycles. The normalized spacial score (nSPS) is 11.6. The van der Waals surface area contributed by atoms with E-state index in [0.717, 1.165) is 0 Å². The standard InChI is InChI=1S/C8H8F3N/c9-8(10,11)4-3-7-2-1-5-12-6-7/h1-2,5-6H,3-4H2. The number of alkyl halides is 3. The zero-order valence-electron chi connectivity index (χ0n) is 6.30. The molecule has 12 heavy (non-hydrogen) atoms. The maximum absolute atomic E-state index is 11.7. The van der Waals surface area contributed by atoms with Crippen LogP contribution >= 0.6 is 0 Å². The zero-order chi connectivity index (χ0) is 9.03. The molecule has 1 heterocycles. The molecule has 0 N–H and O–H groups in total. The number of aromatic nitrogens is 1. The quantitative estimate of drug-likeness (QED) is 0.673. The van der Waals surface area contributed by atoms with Crippen LogP contribution in [0.15, 0.2) is 24.5 Å². The lowest BCUT2D eigenvalue weighted by molar-refractivity contribution is -0.134. The second-order valence-corrected chi connectivity index (χ2v) is 2.48. The zero-order valence-corrected chi connectivity index (χ0v) is 6.30. The summed E-state index contributed by atoms with van der Waals surface area (Å²) in [6, 6.07) is 3.27. The molecule has 0 atom stereocenters. The summed E-state index contributed by atoms with van der Waals surface area (Å²) in [4.78, 5) is 3.72. The van der Waals surface area contributed by atoms with Gasteiger partial charge in [0.15, 0.2) is 0 Å². The Balaban J connectivity index is 2.44. The number of hydrogen-bond donors (Lipinski definition) is 0. The first-order valence-corrected chi connectivity index (χ1v) is 3.53. The van der Waals surface area contributed by atoms with Crippen molar-refractivity contribution in [3.63, 3.8) is 0 Å². The molecule has 0 unspecified atom stereocenters. The third-order valence-corrected chi connectivity index (χ3v) is 1.42. The summed E-state index contributed by atoms with van der Waals surface area (Å²) in [6.45, 7) is 0. The molecule has 0 saturated heterocycles. The van der Waals surface area contributed by atoms with Crippen molar-refractivity contribution in [2.24, 2.45) is 0 Å². The molecule has 1 rings (SSSR count). The fraction of sp³-hybridized carbons (Fsp3) is 0.375. The largest absolute Gasteiger partial charge is 0.389 e. The van der Waals surface area contributed by atoms with Gasteiger partial charge in [-0.1, -0.05) is 6.07 Å². The Morgan fingerprint density at radius 2 is 2.08 bits per heavy atom. The minimum Gasteiger partial charge on any atom is -0.264 e. The molecule has 0 radical (unpaired) electrons. The van der Waals surface area contributed by atoms with Crippen LogP contribution in [0.25, 0.3) is 0 Å². The van der Waals surface area contributed by atoms with E-state index in [0.29, 0.717) is 5.56 Å². The van der Waals surface area contributed by atoms with Crippen LogP contribution in [0.1, 0.15) is 12.0 Å². The lowest BCUT2D eigenvalue weighted by Gasteiger charge is -2.04. The predicted octanol–water partition coefficient (Wildman–Crippen LogP) is 2.58. The summed E-state index contributed by atoms with van der Waals surface area (Å²) in [5.74, 6) is 0. The summed E-state index contributed by atoms with van der Waals surface area (Å²) in [5.41, 5.74) is 0.620. The lowest BCUT2D eigenvalue weighted by Crippen LogP contribution is -2.08. The van der Waals surface area contributed by atoms with Gasteiger partial charge in [-0.3, -0.25) is 4.98 Å². The van der Waals surface area contributed by atoms with Crippen LogP contribution in [-0.2, 0) is 6.42 Å².